The summed E-state index contributed by atoms with van der Waals surface area (Å²) in [5.41, 5.74) is 6.78. The van der Waals surface area contributed by atoms with Crippen molar-refractivity contribution < 1.29 is 17.9 Å². The molecule has 1 aliphatic rings. The largest absolute Gasteiger partial charge is 0.432 e. The van der Waals surface area contributed by atoms with E-state index in [-0.39, 0.29) is 11.1 Å². The van der Waals surface area contributed by atoms with E-state index >= 15 is 0 Å². The maximum absolute atomic E-state index is 13.6. The third-order valence-electron chi connectivity index (χ3n) is 4.05. The van der Waals surface area contributed by atoms with Crippen LogP contribution in [0.25, 0.3) is 0 Å². The number of hydrogen-bond acceptors (Lipinski definition) is 3. The maximum Gasteiger partial charge on any atom is 0.387 e. The van der Waals surface area contributed by atoms with Gasteiger partial charge in [-0.1, -0.05) is 20.8 Å². The van der Waals surface area contributed by atoms with Crippen LogP contribution in [0.2, 0.25) is 0 Å². The van der Waals surface area contributed by atoms with Gasteiger partial charge < -0.3 is 15.4 Å². The first-order valence-corrected chi connectivity index (χ1v) is 6.97. The van der Waals surface area contributed by atoms with Crippen molar-refractivity contribution in [2.45, 2.75) is 33.8 Å². The Hall–Kier alpha value is -1.59. The van der Waals surface area contributed by atoms with Crippen molar-refractivity contribution >= 4 is 11.4 Å². The van der Waals surface area contributed by atoms with E-state index in [1.54, 1.807) is 0 Å². The van der Waals surface area contributed by atoms with Gasteiger partial charge in [-0.2, -0.15) is 8.78 Å². The smallest absolute Gasteiger partial charge is 0.387 e. The van der Waals surface area contributed by atoms with Crippen molar-refractivity contribution in [3.8, 4) is 5.75 Å². The Bertz CT molecular complexity index is 514. The highest BCUT2D eigenvalue weighted by Gasteiger charge is 2.32. The molecule has 0 amide bonds. The second-order valence-electron chi connectivity index (χ2n) is 6.52. The first-order chi connectivity index (χ1) is 9.68. The predicted molar refractivity (Wildman–Crippen MR) is 77.2 cm³/mol. The zero-order valence-corrected chi connectivity index (χ0v) is 12.5. The number of ether oxygens (including phenoxy) is 1. The molecule has 2 rings (SSSR count). The molecule has 1 unspecified atom stereocenters. The Kier molecular flexibility index (Phi) is 4.25. The van der Waals surface area contributed by atoms with E-state index in [2.05, 4.69) is 25.5 Å². The van der Waals surface area contributed by atoms with Crippen molar-refractivity contribution in [1.29, 1.82) is 0 Å². The van der Waals surface area contributed by atoms with Crippen molar-refractivity contribution in [3.63, 3.8) is 0 Å². The lowest BCUT2D eigenvalue weighted by molar-refractivity contribution is -0.0521. The van der Waals surface area contributed by atoms with E-state index in [0.29, 0.717) is 11.6 Å². The average Bonchev–Trinajstić information content (AvgIpc) is 2.81. The monoisotopic (exact) mass is 302 g/mol. The van der Waals surface area contributed by atoms with Gasteiger partial charge in [0, 0.05) is 25.2 Å². The fourth-order valence-electron chi connectivity index (χ4n) is 2.70. The molecule has 0 aliphatic carbocycles. The van der Waals surface area contributed by atoms with Gasteiger partial charge >= 0.3 is 6.61 Å². The van der Waals surface area contributed by atoms with Gasteiger partial charge in [-0.15, -0.1) is 0 Å². The van der Waals surface area contributed by atoms with Crippen LogP contribution in [0.15, 0.2) is 12.1 Å². The Labute approximate surface area is 122 Å². The maximum atomic E-state index is 13.6. The Morgan fingerprint density at radius 3 is 2.52 bits per heavy atom. The molecule has 1 fully saturated rings. The summed E-state index contributed by atoms with van der Waals surface area (Å²) in [5.74, 6) is -0.863. The molecule has 1 aromatic carbocycles. The van der Waals surface area contributed by atoms with Crippen LogP contribution in [0.1, 0.15) is 27.2 Å². The van der Waals surface area contributed by atoms with Crippen LogP contribution in [-0.2, 0) is 0 Å². The molecule has 0 aromatic heterocycles. The third-order valence-corrected chi connectivity index (χ3v) is 4.05. The number of hydrogen-bond donors (Lipinski definition) is 1. The van der Waals surface area contributed by atoms with Crippen molar-refractivity contribution in [2.24, 2.45) is 11.3 Å². The number of benzene rings is 1. The second-order valence-corrected chi connectivity index (χ2v) is 6.52. The van der Waals surface area contributed by atoms with Crippen molar-refractivity contribution in [2.75, 3.05) is 23.7 Å². The SMILES string of the molecule is CC(C)(C)C1CCN(c2cc(OC(F)F)c(F)cc2N)C1. The van der Waals surface area contributed by atoms with Crippen LogP contribution >= 0.6 is 0 Å². The summed E-state index contributed by atoms with van der Waals surface area (Å²) in [4.78, 5) is 2.00. The minimum Gasteiger partial charge on any atom is -0.432 e. The molecule has 21 heavy (non-hydrogen) atoms. The molecule has 1 aromatic rings. The molecule has 1 aliphatic heterocycles. The highest BCUT2D eigenvalue weighted by atomic mass is 19.3. The Morgan fingerprint density at radius 1 is 1.33 bits per heavy atom. The summed E-state index contributed by atoms with van der Waals surface area (Å²) >= 11 is 0. The van der Waals surface area contributed by atoms with Crippen molar-refractivity contribution in [3.05, 3.63) is 17.9 Å². The zero-order valence-electron chi connectivity index (χ0n) is 12.5. The zero-order chi connectivity index (χ0) is 15.8. The lowest BCUT2D eigenvalue weighted by atomic mass is 9.80. The highest BCUT2D eigenvalue weighted by molar-refractivity contribution is 5.70. The number of nitrogens with two attached hydrogens (primary N) is 1. The van der Waals surface area contributed by atoms with E-state index < -0.39 is 18.2 Å². The predicted octanol–water partition coefficient (Wildman–Crippen LogP) is 3.88. The number of rotatable bonds is 3. The summed E-state index contributed by atoms with van der Waals surface area (Å²) < 4.78 is 42.4. The van der Waals surface area contributed by atoms with Gasteiger partial charge in [0.2, 0.25) is 0 Å². The highest BCUT2D eigenvalue weighted by Crippen LogP contribution is 2.39. The lowest BCUT2D eigenvalue weighted by Gasteiger charge is -2.28. The third kappa shape index (κ3) is 3.54. The van der Waals surface area contributed by atoms with Gasteiger partial charge in [0.25, 0.3) is 0 Å². The fraction of sp³-hybridized carbons (Fsp3) is 0.600. The lowest BCUT2D eigenvalue weighted by Crippen LogP contribution is -2.26. The van der Waals surface area contributed by atoms with Crippen LogP contribution in [0.4, 0.5) is 24.5 Å². The average molecular weight is 302 g/mol. The van der Waals surface area contributed by atoms with E-state index in [0.717, 1.165) is 25.6 Å². The number of halogens is 3. The second kappa shape index (κ2) is 5.66. The molecule has 118 valence electrons. The molecular weight excluding hydrogens is 281 g/mol. The van der Waals surface area contributed by atoms with Crippen molar-refractivity contribution in [1.82, 2.24) is 0 Å². The minimum absolute atomic E-state index is 0.159. The molecule has 6 heteroatoms. The quantitative estimate of drug-likeness (QED) is 0.861. The van der Waals surface area contributed by atoms with Gasteiger partial charge in [-0.3, -0.25) is 0 Å². The summed E-state index contributed by atoms with van der Waals surface area (Å²) in [6.07, 6.45) is 0.991. The number of nitrogens with zero attached hydrogens (tertiary/aromatic N) is 1. The Morgan fingerprint density at radius 2 is 2.00 bits per heavy atom. The molecule has 0 radical (unpaired) electrons. The van der Waals surface area contributed by atoms with E-state index in [1.165, 1.54) is 6.07 Å². The van der Waals surface area contributed by atoms with Gasteiger partial charge in [0.15, 0.2) is 11.6 Å². The standard InChI is InChI=1S/C15H21F3N2O/c1-15(2,3)9-4-5-20(8-9)12-7-13(21-14(17)18)10(16)6-11(12)19/h6-7,9,14H,4-5,8,19H2,1-3H3. The van der Waals surface area contributed by atoms with Gasteiger partial charge in [0.05, 0.1) is 11.4 Å². The first-order valence-electron chi connectivity index (χ1n) is 6.97. The topological polar surface area (TPSA) is 38.5 Å². The fourth-order valence-corrected chi connectivity index (χ4v) is 2.70. The summed E-state index contributed by atoms with van der Waals surface area (Å²) in [6.45, 7) is 4.98. The Balaban J connectivity index is 2.24. The molecule has 3 nitrogen and oxygen atoms in total. The van der Waals surface area contributed by atoms with E-state index in [9.17, 15) is 13.2 Å². The van der Waals surface area contributed by atoms with Crippen LogP contribution in [0, 0.1) is 17.2 Å². The van der Waals surface area contributed by atoms with E-state index in [4.69, 9.17) is 5.73 Å². The first kappa shape index (κ1) is 15.8. The molecular formula is C15H21F3N2O. The molecule has 0 saturated carbocycles. The normalized spacial score (nSPS) is 19.4. The molecule has 1 atom stereocenters. The molecule has 2 N–H and O–H groups in total. The van der Waals surface area contributed by atoms with E-state index in [1.807, 2.05) is 4.90 Å². The summed E-state index contributed by atoms with van der Waals surface area (Å²) in [5, 5.41) is 0. The number of nitrogen functional groups attached to an aromatic ring is 1. The molecule has 0 bridgehead atoms. The minimum atomic E-state index is -3.06. The van der Waals surface area contributed by atoms with Crippen LogP contribution in [-0.4, -0.2) is 19.7 Å². The van der Waals surface area contributed by atoms with Crippen LogP contribution in [0.3, 0.4) is 0 Å². The summed E-state index contributed by atoms with van der Waals surface area (Å²) in [6, 6.07) is 2.30. The van der Waals surface area contributed by atoms with Crippen LogP contribution < -0.4 is 15.4 Å². The number of alkyl halides is 2. The molecule has 1 saturated heterocycles. The molecule has 1 heterocycles. The van der Waals surface area contributed by atoms with Gasteiger partial charge in [-0.05, 0) is 17.8 Å². The van der Waals surface area contributed by atoms with Gasteiger partial charge in [0.1, 0.15) is 0 Å². The molecule has 0 spiro atoms. The van der Waals surface area contributed by atoms with Crippen LogP contribution in [0.5, 0.6) is 5.75 Å². The number of anilines is 2. The van der Waals surface area contributed by atoms with Gasteiger partial charge in [-0.25, -0.2) is 4.39 Å². The summed E-state index contributed by atoms with van der Waals surface area (Å²) in [7, 11) is 0.